The van der Waals surface area contributed by atoms with Gasteiger partial charge < -0.3 is 14.5 Å². The Labute approximate surface area is 164 Å². The monoisotopic (exact) mass is 392 g/mol. The normalized spacial score (nSPS) is 18.2. The van der Waals surface area contributed by atoms with Gasteiger partial charge in [0.15, 0.2) is 0 Å². The van der Waals surface area contributed by atoms with Gasteiger partial charge in [0.1, 0.15) is 18.5 Å². The standard InChI is InChI=1S/C20H22Cl2N2O2/c1-24-10-4-6-18(13-24)26-23-12-15-5-2-3-7-20(15)25-14-16-8-9-17(21)11-19(16)22/h2-3,5,7-9,11-12,18H,4,6,10,13-14H2,1H3/b23-12+. The average molecular weight is 393 g/mol. The molecule has 1 heterocycles. The maximum absolute atomic E-state index is 6.20. The molecule has 0 spiro atoms. The fourth-order valence-corrected chi connectivity index (χ4v) is 3.35. The van der Waals surface area contributed by atoms with Gasteiger partial charge in [0.2, 0.25) is 0 Å². The van der Waals surface area contributed by atoms with E-state index in [2.05, 4.69) is 17.1 Å². The van der Waals surface area contributed by atoms with E-state index in [0.29, 0.717) is 16.7 Å². The molecule has 2 aromatic rings. The molecule has 0 aliphatic carbocycles. The van der Waals surface area contributed by atoms with Crippen molar-refractivity contribution in [3.05, 3.63) is 63.6 Å². The maximum Gasteiger partial charge on any atom is 0.140 e. The highest BCUT2D eigenvalue weighted by molar-refractivity contribution is 6.35. The Morgan fingerprint density at radius 3 is 2.88 bits per heavy atom. The van der Waals surface area contributed by atoms with E-state index in [1.165, 1.54) is 0 Å². The average Bonchev–Trinajstić information content (AvgIpc) is 2.62. The van der Waals surface area contributed by atoms with Gasteiger partial charge in [-0.2, -0.15) is 0 Å². The second-order valence-corrected chi connectivity index (χ2v) is 7.27. The molecule has 1 atom stereocenters. The van der Waals surface area contributed by atoms with Crippen LogP contribution in [0, 0.1) is 0 Å². The summed E-state index contributed by atoms with van der Waals surface area (Å²) in [6.45, 7) is 2.38. The first-order valence-corrected chi connectivity index (χ1v) is 9.41. The number of rotatable bonds is 6. The van der Waals surface area contributed by atoms with Crippen LogP contribution in [-0.2, 0) is 11.4 Å². The minimum atomic E-state index is 0.144. The van der Waals surface area contributed by atoms with Gasteiger partial charge in [0.05, 0.1) is 6.21 Å². The summed E-state index contributed by atoms with van der Waals surface area (Å²) in [6, 6.07) is 13.1. The summed E-state index contributed by atoms with van der Waals surface area (Å²) in [4.78, 5) is 7.90. The summed E-state index contributed by atoms with van der Waals surface area (Å²) in [7, 11) is 2.10. The Hall–Kier alpha value is -1.75. The van der Waals surface area contributed by atoms with Gasteiger partial charge in [0.25, 0.3) is 0 Å². The molecule has 1 fully saturated rings. The largest absolute Gasteiger partial charge is 0.488 e. The molecular weight excluding hydrogens is 371 g/mol. The molecule has 3 rings (SSSR count). The second kappa shape index (κ2) is 9.26. The minimum Gasteiger partial charge on any atom is -0.488 e. The van der Waals surface area contributed by atoms with Crippen LogP contribution in [0.5, 0.6) is 5.75 Å². The van der Waals surface area contributed by atoms with Gasteiger partial charge in [-0.3, -0.25) is 0 Å². The van der Waals surface area contributed by atoms with E-state index in [1.807, 2.05) is 30.3 Å². The van der Waals surface area contributed by atoms with Crippen LogP contribution in [0.4, 0.5) is 0 Å². The number of benzene rings is 2. The smallest absolute Gasteiger partial charge is 0.140 e. The molecule has 0 bridgehead atoms. The van der Waals surface area contributed by atoms with Crippen molar-refractivity contribution in [1.82, 2.24) is 4.90 Å². The first kappa shape index (κ1) is 19.0. The van der Waals surface area contributed by atoms with Crippen molar-refractivity contribution < 1.29 is 9.57 Å². The molecule has 0 radical (unpaired) electrons. The molecule has 26 heavy (non-hydrogen) atoms. The van der Waals surface area contributed by atoms with Crippen LogP contribution in [-0.4, -0.2) is 37.4 Å². The number of likely N-dealkylation sites (N-methyl/N-ethyl adjacent to an activating group) is 1. The van der Waals surface area contributed by atoms with Gasteiger partial charge in [-0.05, 0) is 50.7 Å². The maximum atomic E-state index is 6.20. The Morgan fingerprint density at radius 2 is 2.08 bits per heavy atom. The van der Waals surface area contributed by atoms with E-state index in [4.69, 9.17) is 32.8 Å². The zero-order valence-electron chi connectivity index (χ0n) is 14.7. The Kier molecular flexibility index (Phi) is 6.78. The third-order valence-corrected chi connectivity index (χ3v) is 4.89. The highest BCUT2D eigenvalue weighted by Crippen LogP contribution is 2.24. The molecule has 0 aromatic heterocycles. The number of halogens is 2. The van der Waals surface area contributed by atoms with Crippen molar-refractivity contribution in [2.75, 3.05) is 20.1 Å². The van der Waals surface area contributed by atoms with Crippen molar-refractivity contribution in [2.45, 2.75) is 25.6 Å². The van der Waals surface area contributed by atoms with Crippen LogP contribution in [0.15, 0.2) is 47.6 Å². The number of hydrogen-bond acceptors (Lipinski definition) is 4. The van der Waals surface area contributed by atoms with Gasteiger partial charge in [-0.1, -0.05) is 46.6 Å². The number of ether oxygens (including phenoxy) is 1. The van der Waals surface area contributed by atoms with E-state index in [9.17, 15) is 0 Å². The van der Waals surface area contributed by atoms with Crippen LogP contribution < -0.4 is 4.74 Å². The lowest BCUT2D eigenvalue weighted by Gasteiger charge is -2.27. The first-order chi connectivity index (χ1) is 12.6. The lowest BCUT2D eigenvalue weighted by molar-refractivity contribution is 0.0107. The third kappa shape index (κ3) is 5.37. The zero-order chi connectivity index (χ0) is 18.4. The summed E-state index contributed by atoms with van der Waals surface area (Å²) in [6.07, 6.45) is 4.02. The number of oxime groups is 1. The van der Waals surface area contributed by atoms with Crippen molar-refractivity contribution in [2.24, 2.45) is 5.16 Å². The highest BCUT2D eigenvalue weighted by atomic mass is 35.5. The van der Waals surface area contributed by atoms with Gasteiger partial charge in [-0.15, -0.1) is 0 Å². The summed E-state index contributed by atoms with van der Waals surface area (Å²) >= 11 is 12.1. The van der Waals surface area contributed by atoms with E-state index < -0.39 is 0 Å². The third-order valence-electron chi connectivity index (χ3n) is 4.30. The van der Waals surface area contributed by atoms with Crippen LogP contribution >= 0.6 is 23.2 Å². The molecule has 0 amide bonds. The number of piperidine rings is 1. The molecule has 0 N–H and O–H groups in total. The Bertz CT molecular complexity index is 767. The SMILES string of the molecule is CN1CCCC(O/N=C/c2ccccc2OCc2ccc(Cl)cc2Cl)C1. The summed E-state index contributed by atoms with van der Waals surface area (Å²) in [5.41, 5.74) is 1.74. The molecule has 2 aromatic carbocycles. The molecular formula is C20H22Cl2N2O2. The van der Waals surface area contributed by atoms with Crippen molar-refractivity contribution in [3.63, 3.8) is 0 Å². The van der Waals surface area contributed by atoms with E-state index in [-0.39, 0.29) is 6.10 Å². The van der Waals surface area contributed by atoms with Gasteiger partial charge >= 0.3 is 0 Å². The first-order valence-electron chi connectivity index (χ1n) is 8.65. The van der Waals surface area contributed by atoms with E-state index in [1.54, 1.807) is 18.3 Å². The summed E-state index contributed by atoms with van der Waals surface area (Å²) in [5.74, 6) is 0.728. The van der Waals surface area contributed by atoms with Gasteiger partial charge in [0, 0.05) is 27.7 Å². The minimum absolute atomic E-state index is 0.144. The number of likely N-dealkylation sites (tertiary alicyclic amines) is 1. The van der Waals surface area contributed by atoms with Crippen LogP contribution in [0.2, 0.25) is 10.0 Å². The lowest BCUT2D eigenvalue weighted by Crippen LogP contribution is -2.36. The van der Waals surface area contributed by atoms with Crippen molar-refractivity contribution >= 4 is 29.4 Å². The van der Waals surface area contributed by atoms with E-state index in [0.717, 1.165) is 42.8 Å². The molecule has 1 unspecified atom stereocenters. The molecule has 1 aliphatic rings. The van der Waals surface area contributed by atoms with Gasteiger partial charge in [-0.25, -0.2) is 0 Å². The topological polar surface area (TPSA) is 34.1 Å². The zero-order valence-corrected chi connectivity index (χ0v) is 16.2. The summed E-state index contributed by atoms with van der Waals surface area (Å²) in [5, 5.41) is 5.37. The van der Waals surface area contributed by atoms with Crippen LogP contribution in [0.1, 0.15) is 24.0 Å². The molecule has 6 heteroatoms. The molecule has 1 aliphatic heterocycles. The Morgan fingerprint density at radius 1 is 1.23 bits per heavy atom. The second-order valence-electron chi connectivity index (χ2n) is 6.43. The molecule has 138 valence electrons. The van der Waals surface area contributed by atoms with E-state index >= 15 is 0 Å². The highest BCUT2D eigenvalue weighted by Gasteiger charge is 2.18. The number of nitrogens with zero attached hydrogens (tertiary/aromatic N) is 2. The predicted octanol–water partition coefficient (Wildman–Crippen LogP) is 5.02. The van der Waals surface area contributed by atoms with Crippen molar-refractivity contribution in [3.8, 4) is 5.75 Å². The fourth-order valence-electron chi connectivity index (χ4n) is 2.89. The quantitative estimate of drug-likeness (QED) is 0.511. The molecule has 4 nitrogen and oxygen atoms in total. The Balaban J connectivity index is 1.61. The fraction of sp³-hybridized carbons (Fsp3) is 0.350. The summed E-state index contributed by atoms with van der Waals surface area (Å²) < 4.78 is 5.92. The van der Waals surface area contributed by atoms with Crippen LogP contribution in [0.3, 0.4) is 0 Å². The molecule has 0 saturated carbocycles. The number of para-hydroxylation sites is 1. The lowest BCUT2D eigenvalue weighted by atomic mass is 10.1. The van der Waals surface area contributed by atoms with Crippen molar-refractivity contribution in [1.29, 1.82) is 0 Å². The molecule has 1 saturated heterocycles. The predicted molar refractivity (Wildman–Crippen MR) is 106 cm³/mol. The number of hydrogen-bond donors (Lipinski definition) is 0. The van der Waals surface area contributed by atoms with Crippen LogP contribution in [0.25, 0.3) is 0 Å².